The summed E-state index contributed by atoms with van der Waals surface area (Å²) < 4.78 is 0. The molecular weight excluding hydrogens is 292 g/mol. The highest BCUT2D eigenvalue weighted by molar-refractivity contribution is 5.26. The highest BCUT2D eigenvalue weighted by atomic mass is 14.9. The van der Waals surface area contributed by atoms with Crippen LogP contribution in [0.15, 0.2) is 24.3 Å². The molecule has 1 rings (SSSR count). The normalized spacial score (nSPS) is 11.8. The first kappa shape index (κ1) is 21.2. The Hall–Kier alpha value is -0.860. The molecule has 0 aliphatic heterocycles. The van der Waals surface area contributed by atoms with Gasteiger partial charge in [0.2, 0.25) is 0 Å². The minimum Gasteiger partial charge on any atom is -0.310 e. The van der Waals surface area contributed by atoms with Crippen LogP contribution in [0.1, 0.15) is 102 Å². The van der Waals surface area contributed by atoms with E-state index in [-0.39, 0.29) is 0 Å². The van der Waals surface area contributed by atoms with Crippen molar-refractivity contribution >= 4 is 0 Å². The van der Waals surface area contributed by atoms with Crippen molar-refractivity contribution in [3.63, 3.8) is 0 Å². The minimum absolute atomic E-state index is 0.674. The molecule has 0 unspecified atom stereocenters. The van der Waals surface area contributed by atoms with Crippen molar-refractivity contribution < 1.29 is 0 Å². The molecular formula is C22H40N2. The van der Waals surface area contributed by atoms with E-state index < -0.39 is 5.66 Å². The first-order chi connectivity index (χ1) is 11.6. The van der Waals surface area contributed by atoms with Gasteiger partial charge in [0, 0.05) is 0 Å². The summed E-state index contributed by atoms with van der Waals surface area (Å²) in [7, 11) is 0. The number of hydrogen-bond donors (Lipinski definition) is 2. The van der Waals surface area contributed by atoms with Gasteiger partial charge in [-0.05, 0) is 25.3 Å². The largest absolute Gasteiger partial charge is 0.310 e. The van der Waals surface area contributed by atoms with Crippen LogP contribution in [0, 0.1) is 6.92 Å². The van der Waals surface area contributed by atoms with Crippen LogP contribution < -0.4 is 11.5 Å². The van der Waals surface area contributed by atoms with Crippen LogP contribution in [0.3, 0.4) is 0 Å². The van der Waals surface area contributed by atoms with Gasteiger partial charge in [-0.25, -0.2) is 0 Å². The molecule has 0 saturated carbocycles. The van der Waals surface area contributed by atoms with Gasteiger partial charge in [0.25, 0.3) is 0 Å². The van der Waals surface area contributed by atoms with E-state index >= 15 is 0 Å². The van der Waals surface area contributed by atoms with E-state index in [9.17, 15) is 0 Å². The Balaban J connectivity index is 1.99. The van der Waals surface area contributed by atoms with Gasteiger partial charge in [-0.2, -0.15) is 0 Å². The highest BCUT2D eigenvalue weighted by Gasteiger charge is 2.20. The van der Waals surface area contributed by atoms with Crippen LogP contribution in [0.25, 0.3) is 0 Å². The fourth-order valence-electron chi connectivity index (χ4n) is 3.27. The molecule has 0 aromatic heterocycles. The molecule has 0 atom stereocenters. The van der Waals surface area contributed by atoms with Crippen molar-refractivity contribution in [2.24, 2.45) is 11.5 Å². The molecule has 2 heteroatoms. The zero-order valence-corrected chi connectivity index (χ0v) is 16.2. The highest BCUT2D eigenvalue weighted by Crippen LogP contribution is 2.21. The van der Waals surface area contributed by atoms with Crippen molar-refractivity contribution in [3.05, 3.63) is 35.4 Å². The zero-order valence-electron chi connectivity index (χ0n) is 16.2. The predicted octanol–water partition coefficient (Wildman–Crippen LogP) is 6.16. The topological polar surface area (TPSA) is 52.0 Å². The molecule has 0 bridgehead atoms. The first-order valence-corrected chi connectivity index (χ1v) is 10.2. The van der Waals surface area contributed by atoms with Crippen molar-refractivity contribution in [2.45, 2.75) is 103 Å². The van der Waals surface area contributed by atoms with Gasteiger partial charge in [-0.15, -0.1) is 0 Å². The zero-order chi connectivity index (χ0) is 17.7. The first-order valence-electron chi connectivity index (χ1n) is 10.2. The van der Waals surface area contributed by atoms with Crippen molar-refractivity contribution in [3.8, 4) is 0 Å². The third kappa shape index (κ3) is 9.44. The predicted molar refractivity (Wildman–Crippen MR) is 107 cm³/mol. The van der Waals surface area contributed by atoms with E-state index in [0.717, 1.165) is 18.4 Å². The van der Waals surface area contributed by atoms with Gasteiger partial charge in [0.15, 0.2) is 0 Å². The molecule has 0 heterocycles. The summed E-state index contributed by atoms with van der Waals surface area (Å²) in [4.78, 5) is 0. The number of rotatable bonds is 14. The van der Waals surface area contributed by atoms with E-state index in [4.69, 9.17) is 11.5 Å². The lowest BCUT2D eigenvalue weighted by molar-refractivity contribution is 0.399. The fraction of sp³-hybridized carbons (Fsp3) is 0.727. The van der Waals surface area contributed by atoms with Gasteiger partial charge in [0.05, 0.1) is 5.66 Å². The summed E-state index contributed by atoms with van der Waals surface area (Å²) in [6, 6.07) is 8.31. The number of unbranched alkanes of at least 4 members (excludes halogenated alkanes) is 11. The van der Waals surface area contributed by atoms with Gasteiger partial charge in [-0.3, -0.25) is 0 Å². The Kier molecular flexibility index (Phi) is 11.0. The number of benzene rings is 1. The summed E-state index contributed by atoms with van der Waals surface area (Å²) >= 11 is 0. The smallest absolute Gasteiger partial charge is 0.0899 e. The third-order valence-corrected chi connectivity index (χ3v) is 5.03. The molecule has 0 radical (unpaired) electrons. The lowest BCUT2D eigenvalue weighted by atomic mass is 9.94. The SMILES string of the molecule is CCCCCCCCCCCCCCC(N)(N)c1ccc(C)cc1. The monoisotopic (exact) mass is 332 g/mol. The Morgan fingerprint density at radius 2 is 1.08 bits per heavy atom. The second-order valence-corrected chi connectivity index (χ2v) is 7.55. The van der Waals surface area contributed by atoms with Crippen LogP contribution in [0.2, 0.25) is 0 Å². The Morgan fingerprint density at radius 1 is 0.667 bits per heavy atom. The standard InChI is InChI=1S/C22H40N2/c1-3-4-5-6-7-8-9-10-11-12-13-14-19-22(23,24)21-17-15-20(2)16-18-21/h15-18H,3-14,19,23-24H2,1-2H3. The fourth-order valence-corrected chi connectivity index (χ4v) is 3.27. The molecule has 1 aromatic rings. The van der Waals surface area contributed by atoms with E-state index in [1.807, 2.05) is 0 Å². The minimum atomic E-state index is -0.674. The quantitative estimate of drug-likeness (QED) is 0.317. The third-order valence-electron chi connectivity index (χ3n) is 5.03. The Bertz CT molecular complexity index is 408. The summed E-state index contributed by atoms with van der Waals surface area (Å²) in [5, 5.41) is 0. The molecule has 1 aromatic carbocycles. The average molecular weight is 333 g/mol. The van der Waals surface area contributed by atoms with E-state index in [2.05, 4.69) is 38.1 Å². The molecule has 0 fully saturated rings. The van der Waals surface area contributed by atoms with Crippen molar-refractivity contribution in [2.75, 3.05) is 0 Å². The summed E-state index contributed by atoms with van der Waals surface area (Å²) in [6.45, 7) is 4.36. The van der Waals surface area contributed by atoms with Crippen LogP contribution in [-0.2, 0) is 5.66 Å². The second-order valence-electron chi connectivity index (χ2n) is 7.55. The van der Waals surface area contributed by atoms with Crippen molar-refractivity contribution in [1.82, 2.24) is 0 Å². The Morgan fingerprint density at radius 3 is 1.54 bits per heavy atom. The molecule has 0 spiro atoms. The summed E-state index contributed by atoms with van der Waals surface area (Å²) in [5.74, 6) is 0. The van der Waals surface area contributed by atoms with E-state index in [1.165, 1.54) is 76.2 Å². The maximum absolute atomic E-state index is 6.30. The van der Waals surface area contributed by atoms with Gasteiger partial charge in [-0.1, -0.05) is 107 Å². The molecule has 2 nitrogen and oxygen atoms in total. The number of aryl methyl sites for hydroxylation is 1. The van der Waals surface area contributed by atoms with Gasteiger partial charge < -0.3 is 11.5 Å². The van der Waals surface area contributed by atoms with Crippen molar-refractivity contribution in [1.29, 1.82) is 0 Å². The van der Waals surface area contributed by atoms with Crippen LogP contribution in [-0.4, -0.2) is 0 Å². The molecule has 24 heavy (non-hydrogen) atoms. The number of hydrogen-bond acceptors (Lipinski definition) is 2. The van der Waals surface area contributed by atoms with Gasteiger partial charge in [0.1, 0.15) is 0 Å². The van der Waals surface area contributed by atoms with Gasteiger partial charge >= 0.3 is 0 Å². The summed E-state index contributed by atoms with van der Waals surface area (Å²) in [5.41, 5.74) is 14.2. The molecule has 0 amide bonds. The van der Waals surface area contributed by atoms with E-state index in [0.29, 0.717) is 0 Å². The molecule has 0 saturated heterocycles. The summed E-state index contributed by atoms with van der Waals surface area (Å²) in [6.07, 6.45) is 17.2. The van der Waals surface area contributed by atoms with Crippen LogP contribution >= 0.6 is 0 Å². The van der Waals surface area contributed by atoms with Crippen LogP contribution in [0.5, 0.6) is 0 Å². The molecule has 138 valence electrons. The second kappa shape index (κ2) is 12.5. The van der Waals surface area contributed by atoms with E-state index in [1.54, 1.807) is 0 Å². The van der Waals surface area contributed by atoms with Crippen LogP contribution in [0.4, 0.5) is 0 Å². The number of nitrogens with two attached hydrogens (primary N) is 2. The lowest BCUT2D eigenvalue weighted by Crippen LogP contribution is -2.45. The molecule has 0 aliphatic rings. The average Bonchev–Trinajstić information content (AvgIpc) is 2.56. The Labute approximate surface area is 150 Å². The lowest BCUT2D eigenvalue weighted by Gasteiger charge is -2.25. The maximum atomic E-state index is 6.30. The maximum Gasteiger partial charge on any atom is 0.0899 e. The molecule has 0 aliphatic carbocycles. The molecule has 4 N–H and O–H groups in total.